The number of nitrogens with zero attached hydrogens (tertiary/aromatic N) is 1. The van der Waals surface area contributed by atoms with Crippen LogP contribution < -0.4 is 16.0 Å². The summed E-state index contributed by atoms with van der Waals surface area (Å²) in [5, 5.41) is 17.7. The number of carbonyl (C=O) groups excluding carboxylic acids is 3. The van der Waals surface area contributed by atoms with Gasteiger partial charge in [0, 0.05) is 31.2 Å². The fraction of sp³-hybridized carbons (Fsp3) is 0.219. The van der Waals surface area contributed by atoms with Gasteiger partial charge in [0.25, 0.3) is 0 Å². The molecule has 1 heterocycles. The Hall–Kier alpha value is -5.45. The van der Waals surface area contributed by atoms with Gasteiger partial charge >= 0.3 is 12.1 Å². The number of nitrogens with one attached hydrogen (secondary N) is 4. The van der Waals surface area contributed by atoms with E-state index in [1.165, 1.54) is 12.5 Å². The van der Waals surface area contributed by atoms with Crippen molar-refractivity contribution in [3.05, 3.63) is 126 Å². The first-order chi connectivity index (χ1) is 20.9. The maximum Gasteiger partial charge on any atom is 0.408 e. The largest absolute Gasteiger partial charge is 0.480 e. The quantitative estimate of drug-likeness (QED) is 0.152. The molecule has 3 aromatic carbocycles. The Morgan fingerprint density at radius 3 is 1.65 bits per heavy atom. The predicted molar refractivity (Wildman–Crippen MR) is 158 cm³/mol. The van der Waals surface area contributed by atoms with Crippen molar-refractivity contribution in [2.75, 3.05) is 0 Å². The lowest BCUT2D eigenvalue weighted by Crippen LogP contribution is -2.57. The van der Waals surface area contributed by atoms with E-state index in [1.54, 1.807) is 24.3 Å². The monoisotopic (exact) mass is 583 g/mol. The smallest absolute Gasteiger partial charge is 0.408 e. The lowest BCUT2D eigenvalue weighted by Gasteiger charge is -2.24. The average Bonchev–Trinajstić information content (AvgIpc) is 3.54. The molecule has 3 atom stereocenters. The van der Waals surface area contributed by atoms with E-state index in [2.05, 4.69) is 25.9 Å². The molecule has 222 valence electrons. The number of carboxylic acids is 1. The number of imidazole rings is 1. The Morgan fingerprint density at radius 1 is 0.674 bits per heavy atom. The second kappa shape index (κ2) is 15.5. The summed E-state index contributed by atoms with van der Waals surface area (Å²) < 4.78 is 5.34. The minimum absolute atomic E-state index is 0.0122. The van der Waals surface area contributed by atoms with Crippen LogP contribution in [0.25, 0.3) is 0 Å². The van der Waals surface area contributed by atoms with Gasteiger partial charge in [-0.15, -0.1) is 0 Å². The van der Waals surface area contributed by atoms with Crippen LogP contribution >= 0.6 is 0 Å². The number of hydrogen-bond donors (Lipinski definition) is 5. The lowest BCUT2D eigenvalue weighted by atomic mass is 10.0. The van der Waals surface area contributed by atoms with Crippen molar-refractivity contribution in [3.63, 3.8) is 0 Å². The van der Waals surface area contributed by atoms with E-state index in [4.69, 9.17) is 4.74 Å². The Kier molecular flexibility index (Phi) is 11.0. The molecular weight excluding hydrogens is 550 g/mol. The van der Waals surface area contributed by atoms with E-state index < -0.39 is 42.0 Å². The molecule has 43 heavy (non-hydrogen) atoms. The number of carboxylic acid groups (broad SMARTS) is 1. The summed E-state index contributed by atoms with van der Waals surface area (Å²) in [6.45, 7) is 0.0122. The topological polar surface area (TPSA) is 163 Å². The molecule has 0 saturated heterocycles. The number of benzene rings is 3. The molecule has 0 aliphatic heterocycles. The van der Waals surface area contributed by atoms with Crippen LogP contribution in [-0.4, -0.2) is 57.1 Å². The van der Waals surface area contributed by atoms with Crippen molar-refractivity contribution >= 4 is 23.9 Å². The van der Waals surface area contributed by atoms with Crippen molar-refractivity contribution in [1.29, 1.82) is 0 Å². The van der Waals surface area contributed by atoms with Crippen LogP contribution in [0.3, 0.4) is 0 Å². The number of ether oxygens (including phenoxy) is 1. The predicted octanol–water partition coefficient (Wildman–Crippen LogP) is 2.79. The minimum atomic E-state index is -1.27. The van der Waals surface area contributed by atoms with Gasteiger partial charge in [-0.3, -0.25) is 9.59 Å². The Bertz CT molecular complexity index is 1470. The van der Waals surface area contributed by atoms with Gasteiger partial charge < -0.3 is 30.8 Å². The number of aromatic nitrogens is 2. The number of aromatic amines is 1. The Labute approximate surface area is 248 Å². The zero-order valence-electron chi connectivity index (χ0n) is 23.3. The van der Waals surface area contributed by atoms with Crippen LogP contribution in [0.1, 0.15) is 22.4 Å². The second-order valence-electron chi connectivity index (χ2n) is 9.88. The summed E-state index contributed by atoms with van der Waals surface area (Å²) >= 11 is 0. The van der Waals surface area contributed by atoms with Crippen LogP contribution in [-0.2, 0) is 45.0 Å². The molecule has 0 saturated carbocycles. The highest BCUT2D eigenvalue weighted by atomic mass is 16.5. The SMILES string of the molecule is O=C(N[C@@H](Cc1ccccc1)C(=O)N[C@@H](Cc1ccccc1)C(=O)N[C@@H](Cc1cnc[nH]1)C(=O)O)OCc1ccccc1. The number of amides is 3. The molecule has 4 aromatic rings. The minimum Gasteiger partial charge on any atom is -0.480 e. The zero-order valence-corrected chi connectivity index (χ0v) is 23.3. The molecule has 0 radical (unpaired) electrons. The number of H-pyrrole nitrogens is 1. The van der Waals surface area contributed by atoms with Crippen molar-refractivity contribution < 1.29 is 29.0 Å². The third-order valence-electron chi connectivity index (χ3n) is 6.61. The average molecular weight is 584 g/mol. The second-order valence-corrected chi connectivity index (χ2v) is 9.88. The standard InChI is InChI=1S/C32H33N5O6/c38-29(36-28(31(40)41)18-25-19-33-21-34-25)26(16-22-10-4-1-5-11-22)35-30(39)27(17-23-12-6-2-7-13-23)37-32(42)43-20-24-14-8-3-9-15-24/h1-15,19,21,26-28H,16-18,20H2,(H,33,34)(H,35,39)(H,36,38)(H,37,42)(H,40,41)/t26-,27-,28-/m0/s1. The lowest BCUT2D eigenvalue weighted by molar-refractivity contribution is -0.142. The molecule has 0 aliphatic carbocycles. The normalized spacial score (nSPS) is 12.7. The molecule has 0 spiro atoms. The first-order valence-electron chi connectivity index (χ1n) is 13.7. The van der Waals surface area contributed by atoms with Gasteiger partial charge in [-0.2, -0.15) is 0 Å². The van der Waals surface area contributed by atoms with Gasteiger partial charge in [-0.05, 0) is 16.7 Å². The summed E-state index contributed by atoms with van der Waals surface area (Å²) in [7, 11) is 0. The van der Waals surface area contributed by atoms with Crippen molar-refractivity contribution in [3.8, 4) is 0 Å². The van der Waals surface area contributed by atoms with E-state index in [9.17, 15) is 24.3 Å². The molecule has 0 unspecified atom stereocenters. The number of alkyl carbamates (subject to hydrolysis) is 1. The first-order valence-corrected chi connectivity index (χ1v) is 13.7. The fourth-order valence-corrected chi connectivity index (χ4v) is 4.39. The maximum absolute atomic E-state index is 13.6. The van der Waals surface area contributed by atoms with E-state index in [1.807, 2.05) is 66.7 Å². The van der Waals surface area contributed by atoms with Crippen LogP contribution in [0.2, 0.25) is 0 Å². The van der Waals surface area contributed by atoms with Gasteiger partial charge in [0.1, 0.15) is 24.7 Å². The summed E-state index contributed by atoms with van der Waals surface area (Å²) in [6.07, 6.45) is 2.28. The number of aliphatic carboxylic acids is 1. The summed E-state index contributed by atoms with van der Waals surface area (Å²) in [6, 6.07) is 23.7. The molecule has 0 aliphatic rings. The van der Waals surface area contributed by atoms with Gasteiger partial charge in [0.15, 0.2) is 0 Å². The number of rotatable bonds is 14. The third-order valence-corrected chi connectivity index (χ3v) is 6.61. The van der Waals surface area contributed by atoms with Gasteiger partial charge in [0.2, 0.25) is 11.8 Å². The molecule has 4 rings (SSSR count). The molecule has 5 N–H and O–H groups in total. The van der Waals surface area contributed by atoms with Crippen LogP contribution in [0, 0.1) is 0 Å². The van der Waals surface area contributed by atoms with Crippen LogP contribution in [0.4, 0.5) is 4.79 Å². The van der Waals surface area contributed by atoms with Crippen LogP contribution in [0.5, 0.6) is 0 Å². The highest BCUT2D eigenvalue weighted by Crippen LogP contribution is 2.09. The van der Waals surface area contributed by atoms with E-state index in [0.717, 1.165) is 16.7 Å². The first kappa shape index (κ1) is 30.5. The van der Waals surface area contributed by atoms with Gasteiger partial charge in [-0.1, -0.05) is 91.0 Å². The van der Waals surface area contributed by atoms with E-state index in [-0.39, 0.29) is 25.9 Å². The van der Waals surface area contributed by atoms with Crippen molar-refractivity contribution in [2.45, 2.75) is 44.0 Å². The Balaban J connectivity index is 1.50. The van der Waals surface area contributed by atoms with Crippen LogP contribution in [0.15, 0.2) is 104 Å². The molecular formula is C32H33N5O6. The highest BCUT2D eigenvalue weighted by Gasteiger charge is 2.30. The molecule has 3 amide bonds. The number of carbonyl (C=O) groups is 4. The maximum atomic E-state index is 13.6. The molecule has 0 bridgehead atoms. The highest BCUT2D eigenvalue weighted by molar-refractivity contribution is 5.93. The fourth-order valence-electron chi connectivity index (χ4n) is 4.39. The number of hydrogen-bond acceptors (Lipinski definition) is 6. The summed E-state index contributed by atoms with van der Waals surface area (Å²) in [4.78, 5) is 58.5. The molecule has 11 nitrogen and oxygen atoms in total. The van der Waals surface area contributed by atoms with Crippen molar-refractivity contribution in [2.24, 2.45) is 0 Å². The summed E-state index contributed by atoms with van der Waals surface area (Å²) in [5.41, 5.74) is 2.83. The summed E-state index contributed by atoms with van der Waals surface area (Å²) in [5.74, 6) is -2.55. The van der Waals surface area contributed by atoms with Gasteiger partial charge in [-0.25, -0.2) is 14.6 Å². The Morgan fingerprint density at radius 2 is 1.16 bits per heavy atom. The van der Waals surface area contributed by atoms with Crippen molar-refractivity contribution in [1.82, 2.24) is 25.9 Å². The van der Waals surface area contributed by atoms with E-state index in [0.29, 0.717) is 5.69 Å². The third kappa shape index (κ3) is 9.85. The zero-order chi connectivity index (χ0) is 30.4. The molecule has 1 aromatic heterocycles. The van der Waals surface area contributed by atoms with E-state index >= 15 is 0 Å². The molecule has 0 fully saturated rings. The van der Waals surface area contributed by atoms with Gasteiger partial charge in [0.05, 0.1) is 6.33 Å². The molecule has 11 heteroatoms.